The zero-order valence-electron chi connectivity index (χ0n) is 16.1. The Balaban J connectivity index is 1.64. The van der Waals surface area contributed by atoms with Crippen molar-refractivity contribution in [1.82, 2.24) is 0 Å². The van der Waals surface area contributed by atoms with E-state index in [4.69, 9.17) is 9.47 Å². The van der Waals surface area contributed by atoms with Crippen LogP contribution in [0.25, 0.3) is 0 Å². The molecule has 3 aromatic carbocycles. The fourth-order valence-corrected chi connectivity index (χ4v) is 2.90. The first-order chi connectivity index (χ1) is 14.6. The lowest BCUT2D eigenvalue weighted by molar-refractivity contribution is -0.163. The number of rotatable bonds is 7. The molecule has 2 nitrogen and oxygen atoms in total. The predicted octanol–water partition coefficient (Wildman–Crippen LogP) is 7.36. The fraction of sp³-hybridized carbons (Fsp3) is 0.217. The molecular formula is C23H18F6O2. The molecule has 0 aliphatic heterocycles. The molecule has 164 valence electrons. The molecule has 0 amide bonds. The second-order valence-corrected chi connectivity index (χ2v) is 6.79. The van der Waals surface area contributed by atoms with Gasteiger partial charge in [-0.25, -0.2) is 0 Å². The van der Waals surface area contributed by atoms with E-state index < -0.39 is 30.4 Å². The minimum absolute atomic E-state index is 0.112. The lowest BCUT2D eigenvalue weighted by Gasteiger charge is -2.21. The molecule has 8 heteroatoms. The Bertz CT molecular complexity index is 966. The SMILES string of the molecule is FC(F)(F)c1ccc(C(COCc2cccc(Oc3ccccc3)c2)C(F)(F)F)cc1. The van der Waals surface area contributed by atoms with E-state index in [0.717, 1.165) is 12.1 Å². The number of benzene rings is 3. The standard InChI is InChI=1S/C23H18F6O2/c24-22(25,26)18-11-9-17(10-12-18)21(23(27,28)29)15-30-14-16-5-4-8-20(13-16)31-19-6-2-1-3-7-19/h1-13,21H,14-15H2. The first-order valence-corrected chi connectivity index (χ1v) is 9.26. The van der Waals surface area contributed by atoms with Crippen LogP contribution in [0.5, 0.6) is 11.5 Å². The summed E-state index contributed by atoms with van der Waals surface area (Å²) in [4.78, 5) is 0. The molecule has 1 atom stereocenters. The van der Waals surface area contributed by atoms with Gasteiger partial charge in [0.2, 0.25) is 0 Å². The van der Waals surface area contributed by atoms with Gasteiger partial charge in [0.15, 0.2) is 0 Å². The minimum Gasteiger partial charge on any atom is -0.457 e. The first kappa shape index (κ1) is 22.7. The molecule has 0 aliphatic rings. The van der Waals surface area contributed by atoms with Crippen LogP contribution in [0.1, 0.15) is 22.6 Å². The summed E-state index contributed by atoms with van der Waals surface area (Å²) in [5, 5.41) is 0. The molecule has 0 spiro atoms. The normalized spacial score (nSPS) is 13.1. The maximum atomic E-state index is 13.5. The summed E-state index contributed by atoms with van der Waals surface area (Å²) in [6, 6.07) is 18.6. The van der Waals surface area contributed by atoms with Crippen molar-refractivity contribution in [2.24, 2.45) is 0 Å². The summed E-state index contributed by atoms with van der Waals surface area (Å²) in [6.07, 6.45) is -9.28. The molecule has 0 radical (unpaired) electrons. The van der Waals surface area contributed by atoms with Crippen molar-refractivity contribution in [1.29, 1.82) is 0 Å². The van der Waals surface area contributed by atoms with E-state index >= 15 is 0 Å². The largest absolute Gasteiger partial charge is 0.457 e. The molecule has 1 unspecified atom stereocenters. The molecule has 0 fully saturated rings. The molecule has 0 aliphatic carbocycles. The van der Waals surface area contributed by atoms with Crippen molar-refractivity contribution in [2.75, 3.05) is 6.61 Å². The van der Waals surface area contributed by atoms with Gasteiger partial charge in [-0.1, -0.05) is 42.5 Å². The van der Waals surface area contributed by atoms with E-state index in [0.29, 0.717) is 29.2 Å². The highest BCUT2D eigenvalue weighted by molar-refractivity contribution is 5.33. The van der Waals surface area contributed by atoms with Crippen LogP contribution in [0, 0.1) is 0 Å². The number of hydrogen-bond donors (Lipinski definition) is 0. The van der Waals surface area contributed by atoms with Crippen LogP contribution in [0.2, 0.25) is 0 Å². The van der Waals surface area contributed by atoms with Crippen molar-refractivity contribution in [3.63, 3.8) is 0 Å². The number of ether oxygens (including phenoxy) is 2. The highest BCUT2D eigenvalue weighted by atomic mass is 19.4. The predicted molar refractivity (Wildman–Crippen MR) is 103 cm³/mol. The summed E-state index contributed by atoms with van der Waals surface area (Å²) in [7, 11) is 0. The summed E-state index contributed by atoms with van der Waals surface area (Å²) in [5.74, 6) is -0.930. The third-order valence-electron chi connectivity index (χ3n) is 4.47. The van der Waals surface area contributed by atoms with Crippen molar-refractivity contribution < 1.29 is 35.8 Å². The second-order valence-electron chi connectivity index (χ2n) is 6.79. The summed E-state index contributed by atoms with van der Waals surface area (Å²) >= 11 is 0. The lowest BCUT2D eigenvalue weighted by Crippen LogP contribution is -2.25. The van der Waals surface area contributed by atoms with Crippen LogP contribution in [0.4, 0.5) is 26.3 Å². The highest BCUT2D eigenvalue weighted by Gasteiger charge is 2.41. The van der Waals surface area contributed by atoms with Crippen LogP contribution in [0.15, 0.2) is 78.9 Å². The van der Waals surface area contributed by atoms with Gasteiger partial charge in [0, 0.05) is 0 Å². The maximum absolute atomic E-state index is 13.5. The van der Waals surface area contributed by atoms with Gasteiger partial charge in [0.1, 0.15) is 17.4 Å². The Labute approximate surface area is 175 Å². The highest BCUT2D eigenvalue weighted by Crippen LogP contribution is 2.37. The van der Waals surface area contributed by atoms with Gasteiger partial charge in [-0.15, -0.1) is 0 Å². The Kier molecular flexibility index (Phi) is 6.90. The molecule has 31 heavy (non-hydrogen) atoms. The minimum atomic E-state index is -4.67. The van der Waals surface area contributed by atoms with Crippen molar-refractivity contribution >= 4 is 0 Å². The van der Waals surface area contributed by atoms with Gasteiger partial charge in [0.05, 0.1) is 18.8 Å². The number of alkyl halides is 6. The molecule has 0 saturated heterocycles. The van der Waals surface area contributed by atoms with Gasteiger partial charge in [-0.05, 0) is 47.5 Å². The summed E-state index contributed by atoms with van der Waals surface area (Å²) in [5.41, 5.74) is -0.697. The quantitative estimate of drug-likeness (QED) is 0.358. The number of para-hydroxylation sites is 1. The van der Waals surface area contributed by atoms with Crippen molar-refractivity contribution in [3.05, 3.63) is 95.6 Å². The average molecular weight is 440 g/mol. The van der Waals surface area contributed by atoms with Gasteiger partial charge < -0.3 is 9.47 Å². The molecule has 3 aromatic rings. The average Bonchev–Trinajstić information content (AvgIpc) is 2.71. The van der Waals surface area contributed by atoms with Gasteiger partial charge in [-0.2, -0.15) is 26.3 Å². The van der Waals surface area contributed by atoms with E-state index in [9.17, 15) is 26.3 Å². The van der Waals surface area contributed by atoms with E-state index in [1.54, 1.807) is 48.5 Å². The number of halogens is 6. The molecule has 3 rings (SSSR count). The molecule has 0 bridgehead atoms. The van der Waals surface area contributed by atoms with Crippen LogP contribution in [-0.4, -0.2) is 12.8 Å². The first-order valence-electron chi connectivity index (χ1n) is 9.26. The maximum Gasteiger partial charge on any atom is 0.416 e. The Morgan fingerprint density at radius 1 is 0.710 bits per heavy atom. The molecular weight excluding hydrogens is 422 g/mol. The monoisotopic (exact) mass is 440 g/mol. The topological polar surface area (TPSA) is 18.5 Å². The Morgan fingerprint density at radius 2 is 1.35 bits per heavy atom. The molecule has 0 aromatic heterocycles. The number of hydrogen-bond acceptors (Lipinski definition) is 2. The Morgan fingerprint density at radius 3 is 1.97 bits per heavy atom. The van der Waals surface area contributed by atoms with Gasteiger partial charge >= 0.3 is 12.4 Å². The smallest absolute Gasteiger partial charge is 0.416 e. The zero-order chi connectivity index (χ0) is 22.5. The van der Waals surface area contributed by atoms with Crippen LogP contribution in [0.3, 0.4) is 0 Å². The summed E-state index contributed by atoms with van der Waals surface area (Å²) < 4.78 is 89.3. The fourth-order valence-electron chi connectivity index (χ4n) is 2.90. The van der Waals surface area contributed by atoms with Crippen LogP contribution in [-0.2, 0) is 17.5 Å². The second kappa shape index (κ2) is 9.43. The molecule has 0 N–H and O–H groups in total. The molecule has 0 heterocycles. The third-order valence-corrected chi connectivity index (χ3v) is 4.47. The van der Waals surface area contributed by atoms with Gasteiger partial charge in [-0.3, -0.25) is 0 Å². The van der Waals surface area contributed by atoms with Crippen LogP contribution < -0.4 is 4.74 Å². The van der Waals surface area contributed by atoms with E-state index in [2.05, 4.69) is 0 Å². The molecule has 0 saturated carbocycles. The van der Waals surface area contributed by atoms with Gasteiger partial charge in [0.25, 0.3) is 0 Å². The van der Waals surface area contributed by atoms with Crippen LogP contribution >= 0.6 is 0 Å². The lowest BCUT2D eigenvalue weighted by atomic mass is 9.98. The van der Waals surface area contributed by atoms with E-state index in [1.807, 2.05) is 6.07 Å². The van der Waals surface area contributed by atoms with Crippen molar-refractivity contribution in [3.8, 4) is 11.5 Å². The van der Waals surface area contributed by atoms with E-state index in [1.165, 1.54) is 0 Å². The Hall–Kier alpha value is -3.00. The summed E-state index contributed by atoms with van der Waals surface area (Å²) in [6.45, 7) is -0.835. The third kappa shape index (κ3) is 6.49. The van der Waals surface area contributed by atoms with Crippen molar-refractivity contribution in [2.45, 2.75) is 24.9 Å². The zero-order valence-corrected chi connectivity index (χ0v) is 16.1. The van der Waals surface area contributed by atoms with E-state index in [-0.39, 0.29) is 12.2 Å².